The van der Waals surface area contributed by atoms with E-state index in [4.69, 9.17) is 33.0 Å². The first kappa shape index (κ1) is 40.6. The summed E-state index contributed by atoms with van der Waals surface area (Å²) in [6, 6.07) is 20.2. The highest BCUT2D eigenvalue weighted by atomic mass is 35.5. The Balaban J connectivity index is 0.000000217. The number of aromatic nitrogens is 8. The molecule has 4 heterocycles. The van der Waals surface area contributed by atoms with E-state index in [2.05, 4.69) is 34.6 Å². The minimum Gasteiger partial charge on any atom is -0.396 e. The number of hydrogen-bond donors (Lipinski definition) is 2. The van der Waals surface area contributed by atoms with Crippen molar-refractivity contribution in [1.29, 1.82) is 0 Å². The predicted octanol–water partition coefficient (Wildman–Crippen LogP) is 5.14. The molecule has 0 bridgehead atoms. The van der Waals surface area contributed by atoms with E-state index in [1.807, 2.05) is 67.6 Å². The number of fused-ring (bicyclic) bond motifs is 2. The molecule has 0 amide bonds. The molecule has 2 N–H and O–H groups in total. The van der Waals surface area contributed by atoms with Crippen molar-refractivity contribution >= 4 is 53.6 Å². The monoisotopic (exact) mass is 796 g/mol. The van der Waals surface area contributed by atoms with Crippen LogP contribution in [0, 0.1) is 0 Å². The minimum atomic E-state index is -1.26. The fourth-order valence-electron chi connectivity index (χ4n) is 5.80. The molecule has 0 radical (unpaired) electrons. The van der Waals surface area contributed by atoms with Crippen molar-refractivity contribution in [2.45, 2.75) is 84.8 Å². The topological polar surface area (TPSA) is 164 Å². The van der Waals surface area contributed by atoms with Gasteiger partial charge in [-0.15, -0.1) is 0 Å². The van der Waals surface area contributed by atoms with E-state index in [0.717, 1.165) is 34.6 Å². The van der Waals surface area contributed by atoms with Gasteiger partial charge in [0.15, 0.2) is 22.3 Å². The van der Waals surface area contributed by atoms with Gasteiger partial charge in [-0.25, -0.2) is 9.59 Å². The molecule has 0 unspecified atom stereocenters. The Morgan fingerprint density at radius 2 is 1.30 bits per heavy atom. The zero-order chi connectivity index (χ0) is 39.0. The van der Waals surface area contributed by atoms with Crippen LogP contribution in [0.4, 0.5) is 0 Å². The quantitative estimate of drug-likeness (QED) is 0.0820. The zero-order valence-corrected chi connectivity index (χ0v) is 33.4. The minimum absolute atomic E-state index is 0.0465. The summed E-state index contributed by atoms with van der Waals surface area (Å²) in [7, 11) is -1.26. The number of imidazole rings is 2. The molecule has 0 saturated carbocycles. The fourth-order valence-corrected chi connectivity index (χ4v) is 7.01. The Kier molecular flexibility index (Phi) is 13.7. The SMILES string of the molecule is CCCCn1c(=O)c2c(nc(Cl)n2Cc2ccccc2)n(COCC[Si](C)(C)C)c1=O.O=c1[nH]c2nc(Cl)n(Cc3ccccc3)c2c(=O)n1CCCO. The van der Waals surface area contributed by atoms with Gasteiger partial charge < -0.3 is 19.0 Å². The van der Waals surface area contributed by atoms with Crippen LogP contribution in [0.1, 0.15) is 37.3 Å². The maximum Gasteiger partial charge on any atom is 0.334 e. The van der Waals surface area contributed by atoms with Crippen LogP contribution in [-0.4, -0.2) is 64.2 Å². The highest BCUT2D eigenvalue weighted by Crippen LogP contribution is 2.19. The summed E-state index contributed by atoms with van der Waals surface area (Å²) in [5, 5.41) is 9.23. The van der Waals surface area contributed by atoms with Gasteiger partial charge in [0.25, 0.3) is 11.1 Å². The van der Waals surface area contributed by atoms with E-state index in [1.165, 1.54) is 9.13 Å². The van der Waals surface area contributed by atoms with Crippen LogP contribution in [0.25, 0.3) is 22.3 Å². The fraction of sp³-hybridized carbons (Fsp3) is 0.405. The van der Waals surface area contributed by atoms with E-state index >= 15 is 0 Å². The number of nitrogens with one attached hydrogen (secondary N) is 1. The third-order valence-corrected chi connectivity index (χ3v) is 11.0. The van der Waals surface area contributed by atoms with Gasteiger partial charge in [0.05, 0.1) is 13.1 Å². The molecular weight excluding hydrogens is 751 g/mol. The first-order chi connectivity index (χ1) is 25.8. The van der Waals surface area contributed by atoms with Gasteiger partial charge in [0, 0.05) is 34.4 Å². The molecule has 54 heavy (non-hydrogen) atoms. The first-order valence-electron chi connectivity index (χ1n) is 17.9. The van der Waals surface area contributed by atoms with E-state index in [-0.39, 0.29) is 52.8 Å². The Bertz CT molecular complexity index is 2430. The maximum atomic E-state index is 13.3. The summed E-state index contributed by atoms with van der Waals surface area (Å²) in [4.78, 5) is 62.0. The smallest absolute Gasteiger partial charge is 0.334 e. The van der Waals surface area contributed by atoms with Gasteiger partial charge in [0.2, 0.25) is 10.6 Å². The number of rotatable bonds is 15. The predicted molar refractivity (Wildman–Crippen MR) is 215 cm³/mol. The molecule has 0 aliphatic carbocycles. The van der Waals surface area contributed by atoms with Crippen LogP contribution in [0.15, 0.2) is 79.8 Å². The van der Waals surface area contributed by atoms with E-state index in [9.17, 15) is 19.2 Å². The Labute approximate surface area is 322 Å². The molecular formula is C37H46Cl2N8O6Si. The van der Waals surface area contributed by atoms with Gasteiger partial charge in [-0.1, -0.05) is 93.6 Å². The van der Waals surface area contributed by atoms with E-state index in [1.54, 1.807) is 9.13 Å². The van der Waals surface area contributed by atoms with Gasteiger partial charge in [-0.3, -0.25) is 28.3 Å². The lowest BCUT2D eigenvalue weighted by Crippen LogP contribution is -2.41. The van der Waals surface area contributed by atoms with Gasteiger partial charge in [-0.05, 0) is 53.2 Å². The molecule has 0 aliphatic rings. The Hall–Kier alpha value is -4.54. The maximum absolute atomic E-state index is 13.3. The summed E-state index contributed by atoms with van der Waals surface area (Å²) >= 11 is 12.6. The third kappa shape index (κ3) is 9.57. The molecule has 6 aromatic rings. The number of aliphatic hydroxyl groups is 1. The summed E-state index contributed by atoms with van der Waals surface area (Å²) < 4.78 is 12.9. The van der Waals surface area contributed by atoms with Crippen molar-refractivity contribution in [1.82, 2.24) is 37.8 Å². The summed E-state index contributed by atoms with van der Waals surface area (Å²) in [5.74, 6) is 0. The number of H-pyrrole nitrogens is 1. The lowest BCUT2D eigenvalue weighted by molar-refractivity contribution is 0.0854. The molecule has 0 saturated heterocycles. The molecule has 0 aliphatic heterocycles. The number of unbranched alkanes of at least 4 members (excludes halogenated alkanes) is 1. The van der Waals surface area contributed by atoms with Crippen LogP contribution < -0.4 is 22.5 Å². The highest BCUT2D eigenvalue weighted by molar-refractivity contribution is 6.76. The number of aliphatic hydroxyl groups excluding tert-OH is 1. The van der Waals surface area contributed by atoms with Crippen molar-refractivity contribution in [3.63, 3.8) is 0 Å². The largest absolute Gasteiger partial charge is 0.396 e. The molecule has 2 aromatic carbocycles. The molecule has 6 rings (SSSR count). The molecule has 0 spiro atoms. The zero-order valence-electron chi connectivity index (χ0n) is 30.9. The first-order valence-corrected chi connectivity index (χ1v) is 22.4. The lowest BCUT2D eigenvalue weighted by atomic mass is 10.2. The van der Waals surface area contributed by atoms with Crippen molar-refractivity contribution < 1.29 is 9.84 Å². The van der Waals surface area contributed by atoms with Crippen molar-refractivity contribution in [3.8, 4) is 0 Å². The van der Waals surface area contributed by atoms with Crippen LogP contribution >= 0.6 is 23.2 Å². The molecule has 288 valence electrons. The Morgan fingerprint density at radius 3 is 1.87 bits per heavy atom. The Morgan fingerprint density at radius 1 is 0.741 bits per heavy atom. The number of ether oxygens (including phenoxy) is 1. The summed E-state index contributed by atoms with van der Waals surface area (Å²) in [6.45, 7) is 10.6. The molecule has 0 fully saturated rings. The second kappa shape index (κ2) is 18.2. The molecule has 4 aromatic heterocycles. The number of hydrogen-bond acceptors (Lipinski definition) is 8. The second-order valence-corrected chi connectivity index (χ2v) is 20.4. The summed E-state index contributed by atoms with van der Waals surface area (Å²) in [5.41, 5.74) is 1.19. The number of benzene rings is 2. The summed E-state index contributed by atoms with van der Waals surface area (Å²) in [6.07, 6.45) is 1.92. The van der Waals surface area contributed by atoms with Gasteiger partial charge in [-0.2, -0.15) is 9.97 Å². The van der Waals surface area contributed by atoms with Crippen LogP contribution in [0.5, 0.6) is 0 Å². The van der Waals surface area contributed by atoms with E-state index in [0.29, 0.717) is 38.2 Å². The van der Waals surface area contributed by atoms with Crippen LogP contribution in [-0.2, 0) is 37.6 Å². The average molecular weight is 798 g/mol. The lowest BCUT2D eigenvalue weighted by Gasteiger charge is -2.16. The van der Waals surface area contributed by atoms with Crippen LogP contribution in [0.2, 0.25) is 36.3 Å². The normalized spacial score (nSPS) is 11.7. The number of halogens is 2. The van der Waals surface area contributed by atoms with Gasteiger partial charge >= 0.3 is 11.4 Å². The molecule has 0 atom stereocenters. The second-order valence-electron chi connectivity index (χ2n) is 14.1. The molecule has 17 heteroatoms. The van der Waals surface area contributed by atoms with E-state index < -0.39 is 25.0 Å². The van der Waals surface area contributed by atoms with Gasteiger partial charge in [0.1, 0.15) is 6.73 Å². The number of nitrogens with zero attached hydrogens (tertiary/aromatic N) is 7. The number of aromatic amines is 1. The molecule has 14 nitrogen and oxygen atoms in total. The standard InChI is InChI=1S/C22H31ClN4O3Si.C15H15ClN4O3/c1-5-6-12-25-20(28)18-19(27(22(25)29)16-30-13-14-31(2,3)4)24-21(23)26(18)15-17-10-8-7-9-11-17;16-14-17-12-11(20(14)9-10-5-2-1-3-6-10)13(22)19(7-4-8-21)15(23)18-12/h7-11H,5-6,12-16H2,1-4H3;1-3,5-6,21H,4,7-9H2,(H,18,23). The van der Waals surface area contributed by atoms with Crippen LogP contribution in [0.3, 0.4) is 0 Å². The van der Waals surface area contributed by atoms with Crippen molar-refractivity contribution in [2.24, 2.45) is 0 Å². The third-order valence-electron chi connectivity index (χ3n) is 8.77. The average Bonchev–Trinajstić information content (AvgIpc) is 3.62. The highest BCUT2D eigenvalue weighted by Gasteiger charge is 2.22. The van der Waals surface area contributed by atoms with Crippen molar-refractivity contribution in [3.05, 3.63) is 124 Å². The van der Waals surface area contributed by atoms with Crippen molar-refractivity contribution in [2.75, 3.05) is 13.2 Å².